The van der Waals surface area contributed by atoms with Gasteiger partial charge in [-0.3, -0.25) is 4.90 Å². The smallest absolute Gasteiger partial charge is 0.231 e. The second-order valence-electron chi connectivity index (χ2n) is 4.96. The van der Waals surface area contributed by atoms with E-state index in [2.05, 4.69) is 21.1 Å². The molecule has 0 aliphatic carbocycles. The van der Waals surface area contributed by atoms with Crippen LogP contribution in [0.15, 0.2) is 16.7 Å². The molecule has 0 N–H and O–H groups in total. The predicted molar refractivity (Wildman–Crippen MR) is 75.6 cm³/mol. The first-order chi connectivity index (χ1) is 9.20. The number of likely N-dealkylation sites (tertiary alicyclic amines) is 1. The molecule has 0 unspecified atom stereocenters. The van der Waals surface area contributed by atoms with E-state index < -0.39 is 0 Å². The number of thiophene rings is 1. The van der Waals surface area contributed by atoms with Crippen molar-refractivity contribution in [3.8, 4) is 0 Å². The highest BCUT2D eigenvalue weighted by Gasteiger charge is 2.25. The summed E-state index contributed by atoms with van der Waals surface area (Å²) in [6, 6.07) is 4.07. The summed E-state index contributed by atoms with van der Waals surface area (Å²) in [5.74, 6) is 1.87. The number of aryl methyl sites for hydroxylation is 1. The third-order valence-electron chi connectivity index (χ3n) is 3.41. The summed E-state index contributed by atoms with van der Waals surface area (Å²) in [5.41, 5.74) is 0. The quantitative estimate of drug-likeness (QED) is 0.870. The van der Waals surface area contributed by atoms with E-state index in [1.807, 2.05) is 13.0 Å². The zero-order chi connectivity index (χ0) is 13.2. The Hall–Kier alpha value is -0.910. The number of piperidine rings is 1. The minimum Gasteiger partial charge on any atom is -0.339 e. The van der Waals surface area contributed by atoms with E-state index in [9.17, 15) is 0 Å². The first-order valence-electron chi connectivity index (χ1n) is 6.47. The van der Waals surface area contributed by atoms with E-state index in [4.69, 9.17) is 16.1 Å². The van der Waals surface area contributed by atoms with Crippen molar-refractivity contribution >= 4 is 22.9 Å². The van der Waals surface area contributed by atoms with Gasteiger partial charge >= 0.3 is 0 Å². The monoisotopic (exact) mass is 297 g/mol. The number of halogens is 1. The lowest BCUT2D eigenvalue weighted by Crippen LogP contribution is -2.33. The average molecular weight is 298 g/mol. The molecular weight excluding hydrogens is 282 g/mol. The number of hydrogen-bond acceptors (Lipinski definition) is 5. The number of rotatable bonds is 3. The van der Waals surface area contributed by atoms with Gasteiger partial charge in [0.25, 0.3) is 0 Å². The van der Waals surface area contributed by atoms with Crippen molar-refractivity contribution in [2.24, 2.45) is 0 Å². The third kappa shape index (κ3) is 3.16. The van der Waals surface area contributed by atoms with Gasteiger partial charge in [-0.2, -0.15) is 4.98 Å². The van der Waals surface area contributed by atoms with Crippen molar-refractivity contribution < 1.29 is 4.52 Å². The molecule has 102 valence electrons. The average Bonchev–Trinajstić information content (AvgIpc) is 2.99. The summed E-state index contributed by atoms with van der Waals surface area (Å²) in [4.78, 5) is 8.11. The van der Waals surface area contributed by atoms with Crippen LogP contribution in [0.2, 0.25) is 4.34 Å². The molecule has 4 nitrogen and oxygen atoms in total. The van der Waals surface area contributed by atoms with Gasteiger partial charge < -0.3 is 4.52 Å². The van der Waals surface area contributed by atoms with Gasteiger partial charge in [0, 0.05) is 18.0 Å². The summed E-state index contributed by atoms with van der Waals surface area (Å²) in [6.07, 6.45) is 2.30. The fraction of sp³-hybridized carbons (Fsp3) is 0.538. The molecule has 19 heavy (non-hydrogen) atoms. The van der Waals surface area contributed by atoms with Gasteiger partial charge in [0.15, 0.2) is 5.82 Å². The van der Waals surface area contributed by atoms with E-state index in [1.54, 1.807) is 11.3 Å². The molecule has 3 rings (SSSR count). The van der Waals surface area contributed by atoms with E-state index >= 15 is 0 Å². The highest BCUT2D eigenvalue weighted by Crippen LogP contribution is 2.28. The minimum absolute atomic E-state index is 0.366. The molecule has 6 heteroatoms. The van der Waals surface area contributed by atoms with Gasteiger partial charge in [-0.25, -0.2) is 0 Å². The van der Waals surface area contributed by atoms with Crippen LogP contribution in [0.4, 0.5) is 0 Å². The maximum atomic E-state index is 5.97. The van der Waals surface area contributed by atoms with Gasteiger partial charge in [0.05, 0.1) is 10.3 Å². The van der Waals surface area contributed by atoms with Crippen LogP contribution in [0.1, 0.15) is 35.4 Å². The second kappa shape index (κ2) is 5.61. The maximum absolute atomic E-state index is 5.97. The van der Waals surface area contributed by atoms with Crippen molar-refractivity contribution in [1.82, 2.24) is 15.0 Å². The van der Waals surface area contributed by atoms with Crippen LogP contribution in [0.3, 0.4) is 0 Å². The van der Waals surface area contributed by atoms with Crippen LogP contribution in [-0.2, 0) is 6.54 Å². The third-order valence-corrected chi connectivity index (χ3v) is 4.62. The summed E-state index contributed by atoms with van der Waals surface area (Å²) >= 11 is 7.63. The fourth-order valence-corrected chi connectivity index (χ4v) is 3.67. The van der Waals surface area contributed by atoms with Crippen LogP contribution in [0, 0.1) is 6.92 Å². The highest BCUT2D eigenvalue weighted by molar-refractivity contribution is 7.16. The van der Waals surface area contributed by atoms with Crippen molar-refractivity contribution in [1.29, 1.82) is 0 Å². The molecule has 0 radical (unpaired) electrons. The lowest BCUT2D eigenvalue weighted by atomic mass is 9.98. The fourth-order valence-electron chi connectivity index (χ4n) is 2.54. The Balaban J connectivity index is 1.64. The molecule has 0 amide bonds. The van der Waals surface area contributed by atoms with E-state index in [0.29, 0.717) is 5.92 Å². The molecule has 0 aromatic carbocycles. The molecule has 0 saturated carbocycles. The van der Waals surface area contributed by atoms with E-state index in [0.717, 1.165) is 42.1 Å². The van der Waals surface area contributed by atoms with Gasteiger partial charge in [-0.15, -0.1) is 11.3 Å². The molecule has 2 aromatic rings. The number of hydrogen-bond donors (Lipinski definition) is 0. The molecule has 3 heterocycles. The Bertz CT molecular complexity index is 554. The Morgan fingerprint density at radius 2 is 2.42 bits per heavy atom. The normalized spacial score (nSPS) is 20.8. The molecule has 2 aromatic heterocycles. The lowest BCUT2D eigenvalue weighted by molar-refractivity contribution is 0.181. The van der Waals surface area contributed by atoms with E-state index in [-0.39, 0.29) is 0 Å². The molecule has 1 fully saturated rings. The SMILES string of the molecule is Cc1noc([C@H]2CCCN(Cc3ccc(Cl)s3)C2)n1. The van der Waals surface area contributed by atoms with Crippen molar-refractivity contribution in [3.05, 3.63) is 33.1 Å². The molecule has 0 bridgehead atoms. The Morgan fingerprint density at radius 3 is 3.11 bits per heavy atom. The van der Waals surface area contributed by atoms with Gasteiger partial charge in [-0.1, -0.05) is 16.8 Å². The van der Waals surface area contributed by atoms with Crippen molar-refractivity contribution in [3.63, 3.8) is 0 Å². The zero-order valence-corrected chi connectivity index (χ0v) is 12.4. The summed E-state index contributed by atoms with van der Waals surface area (Å²) in [5, 5.41) is 3.88. The maximum Gasteiger partial charge on any atom is 0.231 e. The zero-order valence-electron chi connectivity index (χ0n) is 10.8. The minimum atomic E-state index is 0.366. The Kier molecular flexibility index (Phi) is 3.86. The lowest BCUT2D eigenvalue weighted by Gasteiger charge is -2.30. The molecule has 0 spiro atoms. The van der Waals surface area contributed by atoms with E-state index in [1.165, 1.54) is 11.3 Å². The van der Waals surface area contributed by atoms with Gasteiger partial charge in [0.1, 0.15) is 0 Å². The Labute approximate surface area is 121 Å². The van der Waals surface area contributed by atoms with Gasteiger partial charge in [0.2, 0.25) is 5.89 Å². The molecule has 1 saturated heterocycles. The number of aromatic nitrogens is 2. The Morgan fingerprint density at radius 1 is 1.53 bits per heavy atom. The van der Waals surface area contributed by atoms with Gasteiger partial charge in [-0.05, 0) is 38.4 Å². The van der Waals surface area contributed by atoms with Crippen LogP contribution in [0.5, 0.6) is 0 Å². The summed E-state index contributed by atoms with van der Waals surface area (Å²) in [7, 11) is 0. The summed E-state index contributed by atoms with van der Waals surface area (Å²) < 4.78 is 6.16. The summed E-state index contributed by atoms with van der Waals surface area (Å²) in [6.45, 7) is 4.93. The van der Waals surface area contributed by atoms with Crippen molar-refractivity contribution in [2.75, 3.05) is 13.1 Å². The first-order valence-corrected chi connectivity index (χ1v) is 7.67. The van der Waals surface area contributed by atoms with Crippen LogP contribution >= 0.6 is 22.9 Å². The van der Waals surface area contributed by atoms with Crippen LogP contribution < -0.4 is 0 Å². The highest BCUT2D eigenvalue weighted by atomic mass is 35.5. The predicted octanol–water partition coefficient (Wildman–Crippen LogP) is 3.47. The molecule has 1 aliphatic rings. The molecule has 1 atom stereocenters. The number of nitrogens with zero attached hydrogens (tertiary/aromatic N) is 3. The largest absolute Gasteiger partial charge is 0.339 e. The van der Waals surface area contributed by atoms with Crippen LogP contribution in [0.25, 0.3) is 0 Å². The topological polar surface area (TPSA) is 42.2 Å². The standard InChI is InChI=1S/C13H16ClN3OS/c1-9-15-13(18-16-9)10-3-2-6-17(7-10)8-11-4-5-12(14)19-11/h4-5,10H,2-3,6-8H2,1H3/t10-/m0/s1. The second-order valence-corrected chi connectivity index (χ2v) is 6.76. The van der Waals surface area contributed by atoms with Crippen molar-refractivity contribution in [2.45, 2.75) is 32.2 Å². The first kappa shape index (κ1) is 13.1. The molecular formula is C13H16ClN3OS. The van der Waals surface area contributed by atoms with Crippen LogP contribution in [-0.4, -0.2) is 28.1 Å². The molecule has 1 aliphatic heterocycles.